The molecule has 0 saturated carbocycles. The highest BCUT2D eigenvalue weighted by Crippen LogP contribution is 2.22. The van der Waals surface area contributed by atoms with E-state index in [1.54, 1.807) is 0 Å². The zero-order chi connectivity index (χ0) is 14.4. The van der Waals surface area contributed by atoms with E-state index in [1.807, 2.05) is 0 Å². The van der Waals surface area contributed by atoms with Crippen LogP contribution >= 0.6 is 0 Å². The maximum atomic E-state index is 9.59. The van der Waals surface area contributed by atoms with Crippen molar-refractivity contribution >= 4 is 0 Å². The lowest BCUT2D eigenvalue weighted by molar-refractivity contribution is 0.0972. The molecule has 2 rings (SSSR count). The molecule has 0 radical (unpaired) electrons. The van der Waals surface area contributed by atoms with Crippen LogP contribution in [0.1, 0.15) is 46.0 Å². The minimum atomic E-state index is -0.0921. The van der Waals surface area contributed by atoms with Crippen molar-refractivity contribution < 1.29 is 5.11 Å². The van der Waals surface area contributed by atoms with Crippen LogP contribution in [0.25, 0.3) is 0 Å². The third-order valence-corrected chi connectivity index (χ3v) is 5.03. The summed E-state index contributed by atoms with van der Waals surface area (Å²) in [7, 11) is 0. The van der Waals surface area contributed by atoms with Crippen LogP contribution in [0.5, 0.6) is 0 Å². The van der Waals surface area contributed by atoms with Crippen molar-refractivity contribution in [2.45, 2.75) is 57.5 Å². The highest BCUT2D eigenvalue weighted by Gasteiger charge is 2.30. The molecule has 20 heavy (non-hydrogen) atoms. The minimum absolute atomic E-state index is 0.0921. The summed E-state index contributed by atoms with van der Waals surface area (Å²) in [5.41, 5.74) is -0.0921. The van der Waals surface area contributed by atoms with Gasteiger partial charge in [0.05, 0.1) is 6.61 Å². The molecule has 0 aromatic heterocycles. The fourth-order valence-corrected chi connectivity index (χ4v) is 3.60. The zero-order valence-electron chi connectivity index (χ0n) is 13.4. The van der Waals surface area contributed by atoms with Crippen LogP contribution in [-0.4, -0.2) is 72.4 Å². The lowest BCUT2D eigenvalue weighted by Crippen LogP contribution is -2.51. The van der Waals surface area contributed by atoms with Gasteiger partial charge >= 0.3 is 0 Å². The lowest BCUT2D eigenvalue weighted by Gasteiger charge is -2.38. The quantitative estimate of drug-likeness (QED) is 0.704. The predicted octanol–water partition coefficient (Wildman–Crippen LogP) is 1.30. The van der Waals surface area contributed by atoms with E-state index < -0.39 is 0 Å². The van der Waals surface area contributed by atoms with Crippen LogP contribution < -0.4 is 5.32 Å². The third-order valence-electron chi connectivity index (χ3n) is 5.03. The average Bonchev–Trinajstić information content (AvgIpc) is 2.93. The number of hydrogen-bond donors (Lipinski definition) is 2. The standard InChI is InChI=1S/C16H33N3O/c1-3-8-17-16(2,14-20)7-5-9-18-11-12-19-10-4-6-15(19)13-18/h15,17,20H,3-14H2,1-2H3. The Morgan fingerprint density at radius 3 is 2.90 bits per heavy atom. The summed E-state index contributed by atoms with van der Waals surface area (Å²) < 4.78 is 0. The van der Waals surface area contributed by atoms with Gasteiger partial charge in [-0.1, -0.05) is 6.92 Å². The van der Waals surface area contributed by atoms with E-state index in [2.05, 4.69) is 29.0 Å². The first-order chi connectivity index (χ1) is 9.67. The summed E-state index contributed by atoms with van der Waals surface area (Å²) in [6.07, 6.45) is 6.15. The molecule has 2 N–H and O–H groups in total. The molecule has 4 nitrogen and oxygen atoms in total. The molecule has 2 unspecified atom stereocenters. The number of fused-ring (bicyclic) bond motifs is 1. The molecule has 118 valence electrons. The number of aliphatic hydroxyl groups is 1. The summed E-state index contributed by atoms with van der Waals surface area (Å²) in [6, 6.07) is 0.825. The summed E-state index contributed by atoms with van der Waals surface area (Å²) in [5, 5.41) is 13.1. The van der Waals surface area contributed by atoms with Crippen molar-refractivity contribution in [3.63, 3.8) is 0 Å². The maximum Gasteiger partial charge on any atom is 0.0610 e. The SMILES string of the molecule is CCCNC(C)(CO)CCCN1CCN2CCCC2C1. The van der Waals surface area contributed by atoms with Gasteiger partial charge in [-0.15, -0.1) is 0 Å². The highest BCUT2D eigenvalue weighted by atomic mass is 16.3. The molecular formula is C16H33N3O. The first kappa shape index (κ1) is 16.2. The van der Waals surface area contributed by atoms with Crippen LogP contribution in [0.3, 0.4) is 0 Å². The normalized spacial score (nSPS) is 27.4. The molecular weight excluding hydrogens is 250 g/mol. The molecule has 0 bridgehead atoms. The van der Waals surface area contributed by atoms with E-state index in [4.69, 9.17) is 0 Å². The smallest absolute Gasteiger partial charge is 0.0610 e. The largest absolute Gasteiger partial charge is 0.394 e. The second-order valence-electron chi connectivity index (χ2n) is 6.88. The maximum absolute atomic E-state index is 9.59. The molecule has 2 saturated heterocycles. The predicted molar refractivity (Wildman–Crippen MR) is 84.1 cm³/mol. The van der Waals surface area contributed by atoms with Gasteiger partial charge in [0.2, 0.25) is 0 Å². The monoisotopic (exact) mass is 283 g/mol. The van der Waals surface area contributed by atoms with Crippen molar-refractivity contribution in [3.8, 4) is 0 Å². The van der Waals surface area contributed by atoms with Gasteiger partial charge in [-0.25, -0.2) is 0 Å². The van der Waals surface area contributed by atoms with Crippen molar-refractivity contribution in [2.75, 3.05) is 45.9 Å². The fraction of sp³-hybridized carbons (Fsp3) is 1.00. The van der Waals surface area contributed by atoms with Gasteiger partial charge in [0, 0.05) is 31.2 Å². The van der Waals surface area contributed by atoms with Gasteiger partial charge in [0.25, 0.3) is 0 Å². The van der Waals surface area contributed by atoms with Gasteiger partial charge in [-0.2, -0.15) is 0 Å². The highest BCUT2D eigenvalue weighted by molar-refractivity contribution is 4.87. The Kier molecular flexibility index (Phi) is 6.27. The first-order valence-corrected chi connectivity index (χ1v) is 8.49. The number of piperazine rings is 1. The number of nitrogens with one attached hydrogen (secondary N) is 1. The molecule has 0 amide bonds. The summed E-state index contributed by atoms with van der Waals surface area (Å²) in [5.74, 6) is 0. The van der Waals surface area contributed by atoms with Crippen LogP contribution in [-0.2, 0) is 0 Å². The molecule has 2 aliphatic rings. The molecule has 2 aliphatic heterocycles. The number of nitrogens with zero attached hydrogens (tertiary/aromatic N) is 2. The Bertz CT molecular complexity index is 287. The number of aliphatic hydroxyl groups excluding tert-OH is 1. The molecule has 4 heteroatoms. The van der Waals surface area contributed by atoms with Crippen molar-refractivity contribution in [1.82, 2.24) is 15.1 Å². The Balaban J connectivity index is 1.67. The topological polar surface area (TPSA) is 38.7 Å². The van der Waals surface area contributed by atoms with Gasteiger partial charge in [-0.05, 0) is 58.7 Å². The molecule has 0 aromatic rings. The van der Waals surface area contributed by atoms with Crippen molar-refractivity contribution in [3.05, 3.63) is 0 Å². The zero-order valence-corrected chi connectivity index (χ0v) is 13.4. The summed E-state index contributed by atoms with van der Waals surface area (Å²) in [6.45, 7) is 11.8. The molecule has 2 fully saturated rings. The van der Waals surface area contributed by atoms with E-state index in [0.29, 0.717) is 0 Å². The Hall–Kier alpha value is -0.160. The van der Waals surface area contributed by atoms with Gasteiger partial charge in [0.15, 0.2) is 0 Å². The minimum Gasteiger partial charge on any atom is -0.394 e. The van der Waals surface area contributed by atoms with Crippen LogP contribution in [0.15, 0.2) is 0 Å². The van der Waals surface area contributed by atoms with Crippen LogP contribution in [0.2, 0.25) is 0 Å². The molecule has 2 atom stereocenters. The van der Waals surface area contributed by atoms with E-state index in [1.165, 1.54) is 52.0 Å². The second kappa shape index (κ2) is 7.74. The average molecular weight is 283 g/mol. The van der Waals surface area contributed by atoms with E-state index >= 15 is 0 Å². The van der Waals surface area contributed by atoms with Crippen LogP contribution in [0.4, 0.5) is 0 Å². The lowest BCUT2D eigenvalue weighted by atomic mass is 9.96. The van der Waals surface area contributed by atoms with Crippen LogP contribution in [0, 0.1) is 0 Å². The third kappa shape index (κ3) is 4.42. The summed E-state index contributed by atoms with van der Waals surface area (Å²) >= 11 is 0. The number of hydrogen-bond acceptors (Lipinski definition) is 4. The van der Waals surface area contributed by atoms with Gasteiger partial charge in [-0.3, -0.25) is 4.90 Å². The molecule has 0 spiro atoms. The van der Waals surface area contributed by atoms with E-state index in [0.717, 1.165) is 25.4 Å². The Morgan fingerprint density at radius 2 is 2.15 bits per heavy atom. The van der Waals surface area contributed by atoms with E-state index in [9.17, 15) is 5.11 Å². The van der Waals surface area contributed by atoms with Crippen molar-refractivity contribution in [2.24, 2.45) is 0 Å². The Labute approximate surface area is 124 Å². The Morgan fingerprint density at radius 1 is 1.30 bits per heavy atom. The number of rotatable bonds is 8. The van der Waals surface area contributed by atoms with Gasteiger partial charge < -0.3 is 15.3 Å². The first-order valence-electron chi connectivity index (χ1n) is 8.49. The second-order valence-corrected chi connectivity index (χ2v) is 6.88. The molecule has 0 aliphatic carbocycles. The fourth-order valence-electron chi connectivity index (χ4n) is 3.60. The van der Waals surface area contributed by atoms with E-state index in [-0.39, 0.29) is 12.1 Å². The molecule has 0 aromatic carbocycles. The van der Waals surface area contributed by atoms with Crippen molar-refractivity contribution in [1.29, 1.82) is 0 Å². The summed E-state index contributed by atoms with van der Waals surface area (Å²) in [4.78, 5) is 5.29. The molecule has 2 heterocycles. The van der Waals surface area contributed by atoms with Gasteiger partial charge in [0.1, 0.15) is 0 Å².